The summed E-state index contributed by atoms with van der Waals surface area (Å²) in [6, 6.07) is 3.56. The minimum absolute atomic E-state index is 0.0459. The Bertz CT molecular complexity index is 778. The topological polar surface area (TPSA) is 89.1 Å². The molecule has 1 aliphatic heterocycles. The summed E-state index contributed by atoms with van der Waals surface area (Å²) >= 11 is 0. The number of rotatable bonds is 8. The van der Waals surface area contributed by atoms with Crippen molar-refractivity contribution in [1.82, 2.24) is 15.5 Å². The highest BCUT2D eigenvalue weighted by Crippen LogP contribution is 2.43. The Hall–Kier alpha value is -2.64. The molecule has 180 valence electrons. The van der Waals surface area contributed by atoms with Crippen molar-refractivity contribution >= 4 is 11.9 Å². The van der Waals surface area contributed by atoms with Gasteiger partial charge in [0.2, 0.25) is 11.7 Å². The van der Waals surface area contributed by atoms with Gasteiger partial charge in [0.15, 0.2) is 11.5 Å². The smallest absolute Gasteiger partial charge is 0.317 e. The highest BCUT2D eigenvalue weighted by atomic mass is 16.5. The Morgan fingerprint density at radius 1 is 1.06 bits per heavy atom. The molecule has 2 N–H and O–H groups in total. The van der Waals surface area contributed by atoms with Gasteiger partial charge in [0.25, 0.3) is 0 Å². The predicted molar refractivity (Wildman–Crippen MR) is 125 cm³/mol. The molecule has 8 heteroatoms. The molecule has 0 spiro atoms. The summed E-state index contributed by atoms with van der Waals surface area (Å²) < 4.78 is 16.5. The minimum Gasteiger partial charge on any atom is -0.493 e. The lowest BCUT2D eigenvalue weighted by Gasteiger charge is -2.25. The fourth-order valence-corrected chi connectivity index (χ4v) is 3.90. The quantitative estimate of drug-likeness (QED) is 0.635. The van der Waals surface area contributed by atoms with Crippen LogP contribution in [0.3, 0.4) is 0 Å². The van der Waals surface area contributed by atoms with Gasteiger partial charge in [-0.15, -0.1) is 0 Å². The molecule has 3 amide bonds. The highest BCUT2D eigenvalue weighted by Gasteiger charge is 2.41. The maximum Gasteiger partial charge on any atom is 0.317 e. The first-order valence-corrected chi connectivity index (χ1v) is 11.1. The molecule has 2 unspecified atom stereocenters. The molecule has 0 aromatic heterocycles. The molecular formula is C24H39N3O5. The molecule has 2 atom stereocenters. The second-order valence-electron chi connectivity index (χ2n) is 9.73. The SMILES string of the molecule is COc1cc(C2CN(C(=O)NC(C)(C)C)CC2C(=O)NCCC(C)C)cc(OC)c1OC. The molecule has 2 rings (SSSR count). The zero-order chi connectivity index (χ0) is 24.1. The summed E-state index contributed by atoms with van der Waals surface area (Å²) in [6.07, 6.45) is 0.904. The predicted octanol–water partition coefficient (Wildman–Crippen LogP) is 3.40. The number of ether oxygens (including phenoxy) is 3. The van der Waals surface area contributed by atoms with Crippen molar-refractivity contribution < 1.29 is 23.8 Å². The van der Waals surface area contributed by atoms with Gasteiger partial charge in [-0.25, -0.2) is 4.79 Å². The molecule has 0 saturated carbocycles. The maximum absolute atomic E-state index is 13.1. The van der Waals surface area contributed by atoms with E-state index in [0.29, 0.717) is 42.8 Å². The first-order valence-electron chi connectivity index (χ1n) is 11.1. The lowest BCUT2D eigenvalue weighted by molar-refractivity contribution is -0.124. The average molecular weight is 450 g/mol. The molecule has 1 saturated heterocycles. The van der Waals surface area contributed by atoms with E-state index in [4.69, 9.17) is 14.2 Å². The molecule has 32 heavy (non-hydrogen) atoms. The van der Waals surface area contributed by atoms with Crippen molar-refractivity contribution in [3.8, 4) is 17.2 Å². The van der Waals surface area contributed by atoms with Crippen LogP contribution in [0, 0.1) is 11.8 Å². The van der Waals surface area contributed by atoms with Crippen LogP contribution in [0.4, 0.5) is 4.79 Å². The third kappa shape index (κ3) is 6.43. The number of benzene rings is 1. The number of likely N-dealkylation sites (tertiary alicyclic amines) is 1. The van der Waals surface area contributed by atoms with Crippen molar-refractivity contribution in [2.45, 2.75) is 52.5 Å². The van der Waals surface area contributed by atoms with Crippen LogP contribution in [0.5, 0.6) is 17.2 Å². The van der Waals surface area contributed by atoms with Crippen LogP contribution in [0.2, 0.25) is 0 Å². The number of nitrogens with zero attached hydrogens (tertiary/aromatic N) is 1. The van der Waals surface area contributed by atoms with E-state index in [9.17, 15) is 9.59 Å². The van der Waals surface area contributed by atoms with Crippen molar-refractivity contribution in [2.24, 2.45) is 11.8 Å². The van der Waals surface area contributed by atoms with Gasteiger partial charge < -0.3 is 29.7 Å². The fraction of sp³-hybridized carbons (Fsp3) is 0.667. The van der Waals surface area contributed by atoms with Crippen LogP contribution in [0.1, 0.15) is 52.5 Å². The minimum atomic E-state index is -0.379. The number of carbonyl (C=O) groups excluding carboxylic acids is 2. The van der Waals surface area contributed by atoms with Crippen LogP contribution >= 0.6 is 0 Å². The monoisotopic (exact) mass is 449 g/mol. The summed E-state index contributed by atoms with van der Waals surface area (Å²) in [5.74, 6) is 1.42. The molecule has 1 aliphatic rings. The van der Waals surface area contributed by atoms with Gasteiger partial charge in [-0.2, -0.15) is 0 Å². The van der Waals surface area contributed by atoms with E-state index in [2.05, 4.69) is 24.5 Å². The average Bonchev–Trinajstić information content (AvgIpc) is 3.16. The Balaban J connectivity index is 2.36. The van der Waals surface area contributed by atoms with Gasteiger partial charge in [0, 0.05) is 31.1 Å². The van der Waals surface area contributed by atoms with Crippen molar-refractivity contribution in [3.63, 3.8) is 0 Å². The van der Waals surface area contributed by atoms with E-state index in [1.807, 2.05) is 32.9 Å². The summed E-state index contributed by atoms with van der Waals surface area (Å²) in [6.45, 7) is 11.4. The zero-order valence-corrected chi connectivity index (χ0v) is 20.7. The van der Waals surface area contributed by atoms with Gasteiger partial charge in [-0.05, 0) is 50.8 Å². The number of methoxy groups -OCH3 is 3. The highest BCUT2D eigenvalue weighted by molar-refractivity contribution is 5.83. The third-order valence-corrected chi connectivity index (χ3v) is 5.56. The Morgan fingerprint density at radius 3 is 2.12 bits per heavy atom. The molecule has 0 aliphatic carbocycles. The van der Waals surface area contributed by atoms with E-state index < -0.39 is 0 Å². The summed E-state index contributed by atoms with van der Waals surface area (Å²) in [4.78, 5) is 27.7. The molecule has 1 aromatic carbocycles. The number of amides is 3. The first-order chi connectivity index (χ1) is 15.0. The lowest BCUT2D eigenvalue weighted by Crippen LogP contribution is -2.48. The van der Waals surface area contributed by atoms with E-state index in [1.165, 1.54) is 0 Å². The van der Waals surface area contributed by atoms with Gasteiger partial charge >= 0.3 is 6.03 Å². The van der Waals surface area contributed by atoms with Gasteiger partial charge in [-0.1, -0.05) is 13.8 Å². The van der Waals surface area contributed by atoms with Crippen molar-refractivity contribution in [1.29, 1.82) is 0 Å². The fourth-order valence-electron chi connectivity index (χ4n) is 3.90. The van der Waals surface area contributed by atoms with Crippen LogP contribution < -0.4 is 24.8 Å². The van der Waals surface area contributed by atoms with Crippen LogP contribution in [0.25, 0.3) is 0 Å². The van der Waals surface area contributed by atoms with E-state index in [0.717, 1.165) is 12.0 Å². The number of urea groups is 1. The summed E-state index contributed by atoms with van der Waals surface area (Å²) in [5, 5.41) is 6.06. The number of hydrogen-bond donors (Lipinski definition) is 2. The summed E-state index contributed by atoms with van der Waals surface area (Å²) in [5.41, 5.74) is 0.506. The van der Waals surface area contributed by atoms with Crippen molar-refractivity contribution in [3.05, 3.63) is 17.7 Å². The van der Waals surface area contributed by atoms with Crippen molar-refractivity contribution in [2.75, 3.05) is 41.0 Å². The van der Waals surface area contributed by atoms with Crippen LogP contribution in [-0.4, -0.2) is 63.3 Å². The Morgan fingerprint density at radius 2 is 1.66 bits per heavy atom. The molecule has 0 radical (unpaired) electrons. The normalized spacial score (nSPS) is 18.5. The first kappa shape index (κ1) is 25.6. The van der Waals surface area contributed by atoms with E-state index >= 15 is 0 Å². The summed E-state index contributed by atoms with van der Waals surface area (Å²) in [7, 11) is 4.68. The molecule has 1 heterocycles. The number of nitrogens with one attached hydrogen (secondary N) is 2. The van der Waals surface area contributed by atoms with Gasteiger partial charge in [-0.3, -0.25) is 4.79 Å². The second kappa shape index (κ2) is 10.8. The van der Waals surface area contributed by atoms with Crippen LogP contribution in [-0.2, 0) is 4.79 Å². The maximum atomic E-state index is 13.1. The van der Waals surface area contributed by atoms with Gasteiger partial charge in [0.05, 0.1) is 27.2 Å². The molecule has 0 bridgehead atoms. The largest absolute Gasteiger partial charge is 0.493 e. The third-order valence-electron chi connectivity index (χ3n) is 5.56. The molecule has 1 fully saturated rings. The molecular weight excluding hydrogens is 410 g/mol. The zero-order valence-electron chi connectivity index (χ0n) is 20.7. The van der Waals surface area contributed by atoms with E-state index in [-0.39, 0.29) is 29.3 Å². The molecule has 8 nitrogen and oxygen atoms in total. The Labute approximate surface area is 192 Å². The standard InChI is InChI=1S/C24H39N3O5/c1-15(2)9-10-25-22(28)18-14-27(23(29)26-24(3,4)5)13-17(18)16-11-19(30-6)21(32-8)20(12-16)31-7/h11-12,15,17-18H,9-10,13-14H2,1-8H3,(H,25,28)(H,26,29). The lowest BCUT2D eigenvalue weighted by atomic mass is 9.87. The number of hydrogen-bond acceptors (Lipinski definition) is 5. The van der Waals surface area contributed by atoms with E-state index in [1.54, 1.807) is 26.2 Å². The number of carbonyl (C=O) groups is 2. The van der Waals surface area contributed by atoms with Crippen LogP contribution in [0.15, 0.2) is 12.1 Å². The Kier molecular flexibility index (Phi) is 8.64. The molecule has 1 aromatic rings. The van der Waals surface area contributed by atoms with Gasteiger partial charge in [0.1, 0.15) is 0 Å². The second-order valence-corrected chi connectivity index (χ2v) is 9.73.